The lowest BCUT2D eigenvalue weighted by molar-refractivity contribution is -0.144. The van der Waals surface area contributed by atoms with Crippen molar-refractivity contribution in [1.29, 1.82) is 0 Å². The van der Waals surface area contributed by atoms with E-state index in [4.69, 9.17) is 21.7 Å². The van der Waals surface area contributed by atoms with Crippen molar-refractivity contribution >= 4 is 58.7 Å². The average Bonchev–Trinajstić information content (AvgIpc) is 2.87. The molecule has 1 amide bonds. The van der Waals surface area contributed by atoms with Gasteiger partial charge >= 0.3 is 5.97 Å². The molecule has 1 aromatic carbocycles. The van der Waals surface area contributed by atoms with Crippen LogP contribution in [0.25, 0.3) is 6.08 Å². The van der Waals surface area contributed by atoms with Crippen LogP contribution in [0.3, 0.4) is 0 Å². The number of halogens is 1. The molecular formula is C18H23ClN2O4S2. The standard InChI is InChI=1S/C18H22N2O4S2.ClH/c1-19(2)10-11-24-16(21)8-9-20-17(22)15(26-18(20)25)12-13-4-6-14(23-3)7-5-13;/h4-7,12H,8-11H2,1-3H3;1H. The monoisotopic (exact) mass is 430 g/mol. The highest BCUT2D eigenvalue weighted by Gasteiger charge is 2.32. The Morgan fingerprint density at radius 2 is 1.96 bits per heavy atom. The van der Waals surface area contributed by atoms with Crippen LogP contribution in [0.1, 0.15) is 12.0 Å². The van der Waals surface area contributed by atoms with Crippen molar-refractivity contribution in [2.45, 2.75) is 6.42 Å². The summed E-state index contributed by atoms with van der Waals surface area (Å²) < 4.78 is 10.7. The first-order valence-electron chi connectivity index (χ1n) is 8.10. The number of carbonyl (C=O) groups is 2. The van der Waals surface area contributed by atoms with Crippen molar-refractivity contribution in [1.82, 2.24) is 9.80 Å². The van der Waals surface area contributed by atoms with E-state index < -0.39 is 0 Å². The second-order valence-corrected chi connectivity index (χ2v) is 7.56. The van der Waals surface area contributed by atoms with Crippen LogP contribution in [0.15, 0.2) is 29.2 Å². The number of thioether (sulfide) groups is 1. The van der Waals surface area contributed by atoms with E-state index in [0.717, 1.165) is 11.3 Å². The van der Waals surface area contributed by atoms with Gasteiger partial charge in [0.25, 0.3) is 5.91 Å². The van der Waals surface area contributed by atoms with Gasteiger partial charge in [0.1, 0.15) is 16.7 Å². The van der Waals surface area contributed by atoms with E-state index in [1.165, 1.54) is 16.7 Å². The molecule has 1 aliphatic heterocycles. The largest absolute Gasteiger partial charge is 0.497 e. The topological polar surface area (TPSA) is 59.1 Å². The van der Waals surface area contributed by atoms with Crippen LogP contribution < -0.4 is 4.74 Å². The molecule has 1 heterocycles. The minimum absolute atomic E-state index is 0. The highest BCUT2D eigenvalue weighted by molar-refractivity contribution is 8.26. The van der Waals surface area contributed by atoms with Crippen LogP contribution in [0.5, 0.6) is 5.75 Å². The predicted molar refractivity (Wildman–Crippen MR) is 114 cm³/mol. The number of methoxy groups -OCH3 is 1. The van der Waals surface area contributed by atoms with E-state index in [1.807, 2.05) is 43.3 Å². The third-order valence-electron chi connectivity index (χ3n) is 3.63. The highest BCUT2D eigenvalue weighted by Crippen LogP contribution is 2.32. The maximum atomic E-state index is 12.5. The van der Waals surface area contributed by atoms with Gasteiger partial charge in [0.05, 0.1) is 18.4 Å². The van der Waals surface area contributed by atoms with Gasteiger partial charge in [-0.3, -0.25) is 14.5 Å². The molecule has 148 valence electrons. The van der Waals surface area contributed by atoms with Gasteiger partial charge in [0.15, 0.2) is 0 Å². The van der Waals surface area contributed by atoms with Gasteiger partial charge in [0.2, 0.25) is 0 Å². The van der Waals surface area contributed by atoms with Gasteiger partial charge < -0.3 is 14.4 Å². The number of hydrogen-bond donors (Lipinski definition) is 0. The normalized spacial score (nSPS) is 15.3. The molecule has 0 saturated carbocycles. The molecule has 1 aromatic rings. The molecule has 9 heteroatoms. The van der Waals surface area contributed by atoms with E-state index in [1.54, 1.807) is 13.2 Å². The van der Waals surface area contributed by atoms with Crippen LogP contribution in [0, 0.1) is 0 Å². The first-order chi connectivity index (χ1) is 12.4. The minimum atomic E-state index is -0.333. The summed E-state index contributed by atoms with van der Waals surface area (Å²) in [6.07, 6.45) is 1.91. The van der Waals surface area contributed by atoms with Crippen molar-refractivity contribution < 1.29 is 19.1 Å². The van der Waals surface area contributed by atoms with Crippen LogP contribution in [0.4, 0.5) is 0 Å². The Labute approximate surface area is 175 Å². The zero-order valence-electron chi connectivity index (χ0n) is 15.5. The number of thiocarbonyl (C=S) groups is 1. The number of rotatable bonds is 8. The second-order valence-electron chi connectivity index (χ2n) is 5.88. The van der Waals surface area contributed by atoms with Gasteiger partial charge in [-0.15, -0.1) is 12.4 Å². The Bertz CT molecular complexity index is 708. The molecule has 0 aliphatic carbocycles. The van der Waals surface area contributed by atoms with E-state index in [9.17, 15) is 9.59 Å². The number of nitrogens with zero attached hydrogens (tertiary/aromatic N) is 2. The fraction of sp³-hybridized carbons (Fsp3) is 0.389. The lowest BCUT2D eigenvalue weighted by Gasteiger charge is -2.14. The first-order valence-corrected chi connectivity index (χ1v) is 9.33. The van der Waals surface area contributed by atoms with E-state index in [0.29, 0.717) is 22.4 Å². The van der Waals surface area contributed by atoms with Gasteiger partial charge in [-0.1, -0.05) is 36.1 Å². The summed E-state index contributed by atoms with van der Waals surface area (Å²) >= 11 is 6.51. The third-order valence-corrected chi connectivity index (χ3v) is 5.01. The summed E-state index contributed by atoms with van der Waals surface area (Å²) in [6.45, 7) is 1.23. The zero-order chi connectivity index (χ0) is 19.1. The maximum absolute atomic E-state index is 12.5. The number of benzene rings is 1. The Balaban J connectivity index is 0.00000364. The fourth-order valence-electron chi connectivity index (χ4n) is 2.16. The SMILES string of the molecule is COc1ccc(C=C2SC(=S)N(CCC(=O)OCCN(C)C)C2=O)cc1.Cl. The van der Waals surface area contributed by atoms with Crippen molar-refractivity contribution in [3.8, 4) is 5.75 Å². The Kier molecular flexibility index (Phi) is 9.79. The van der Waals surface area contributed by atoms with E-state index in [2.05, 4.69) is 0 Å². The van der Waals surface area contributed by atoms with Crippen molar-refractivity contribution in [2.75, 3.05) is 40.9 Å². The molecule has 0 radical (unpaired) electrons. The minimum Gasteiger partial charge on any atom is -0.497 e. The predicted octanol–water partition coefficient (Wildman–Crippen LogP) is 2.81. The van der Waals surface area contributed by atoms with Gasteiger partial charge in [-0.25, -0.2) is 0 Å². The van der Waals surface area contributed by atoms with Crippen LogP contribution in [-0.4, -0.2) is 66.9 Å². The number of esters is 1. The molecule has 0 N–H and O–H groups in total. The smallest absolute Gasteiger partial charge is 0.307 e. The molecule has 0 aromatic heterocycles. The maximum Gasteiger partial charge on any atom is 0.307 e. The van der Waals surface area contributed by atoms with Gasteiger partial charge in [-0.05, 0) is 37.9 Å². The van der Waals surface area contributed by atoms with Gasteiger partial charge in [0, 0.05) is 13.1 Å². The molecule has 0 spiro atoms. The van der Waals surface area contributed by atoms with Crippen molar-refractivity contribution in [3.63, 3.8) is 0 Å². The number of ether oxygens (including phenoxy) is 2. The summed E-state index contributed by atoms with van der Waals surface area (Å²) in [5.41, 5.74) is 0.884. The Hall–Kier alpha value is -1.61. The molecular weight excluding hydrogens is 408 g/mol. The zero-order valence-corrected chi connectivity index (χ0v) is 17.9. The van der Waals surface area contributed by atoms with Gasteiger partial charge in [-0.2, -0.15) is 0 Å². The summed E-state index contributed by atoms with van der Waals surface area (Å²) in [7, 11) is 5.41. The third kappa shape index (κ3) is 7.14. The summed E-state index contributed by atoms with van der Waals surface area (Å²) in [5, 5.41) is 0. The summed E-state index contributed by atoms with van der Waals surface area (Å²) in [4.78, 5) is 28.2. The molecule has 1 saturated heterocycles. The number of hydrogen-bond acceptors (Lipinski definition) is 7. The molecule has 1 fully saturated rings. The molecule has 6 nitrogen and oxygen atoms in total. The second kappa shape index (κ2) is 11.3. The highest BCUT2D eigenvalue weighted by atomic mass is 35.5. The number of carbonyl (C=O) groups excluding carboxylic acids is 2. The van der Waals surface area contributed by atoms with E-state index >= 15 is 0 Å². The molecule has 2 rings (SSSR count). The van der Waals surface area contributed by atoms with Crippen molar-refractivity contribution in [2.24, 2.45) is 0 Å². The van der Waals surface area contributed by atoms with E-state index in [-0.39, 0.29) is 37.2 Å². The lowest BCUT2D eigenvalue weighted by atomic mass is 10.2. The number of amides is 1. The number of likely N-dealkylation sites (N-methyl/N-ethyl adjacent to an activating group) is 1. The average molecular weight is 431 g/mol. The molecule has 0 unspecified atom stereocenters. The lowest BCUT2D eigenvalue weighted by Crippen LogP contribution is -2.31. The quantitative estimate of drug-likeness (QED) is 0.357. The van der Waals surface area contributed by atoms with Crippen molar-refractivity contribution in [3.05, 3.63) is 34.7 Å². The summed E-state index contributed by atoms with van der Waals surface area (Å²) in [6, 6.07) is 7.40. The molecule has 0 atom stereocenters. The molecule has 0 bridgehead atoms. The molecule has 1 aliphatic rings. The first kappa shape index (κ1) is 23.4. The summed E-state index contributed by atoms with van der Waals surface area (Å²) in [5.74, 6) is 0.236. The van der Waals surface area contributed by atoms with Crippen LogP contribution >= 0.6 is 36.4 Å². The molecule has 27 heavy (non-hydrogen) atoms. The fourth-order valence-corrected chi connectivity index (χ4v) is 3.47. The Morgan fingerprint density at radius 1 is 1.30 bits per heavy atom. The van der Waals surface area contributed by atoms with Crippen LogP contribution in [0.2, 0.25) is 0 Å². The van der Waals surface area contributed by atoms with Crippen LogP contribution in [-0.2, 0) is 14.3 Å². The Morgan fingerprint density at radius 3 is 2.56 bits per heavy atom.